The van der Waals surface area contributed by atoms with Gasteiger partial charge in [-0.1, -0.05) is 36.4 Å². The molecule has 0 saturated heterocycles. The molecule has 124 valence electrons. The minimum Gasteiger partial charge on any atom is -0.478 e. The first-order chi connectivity index (χ1) is 11.6. The Morgan fingerprint density at radius 1 is 1.12 bits per heavy atom. The molecule has 0 aliphatic heterocycles. The quantitative estimate of drug-likeness (QED) is 0.597. The molecule has 0 unspecified atom stereocenters. The predicted molar refractivity (Wildman–Crippen MR) is 97.4 cm³/mol. The molecule has 1 heterocycles. The first-order valence-electron chi connectivity index (χ1n) is 8.26. The maximum atomic E-state index is 11.7. The number of hydrogen-bond donors (Lipinski definition) is 3. The number of carboxylic acids is 1. The van der Waals surface area contributed by atoms with Crippen LogP contribution < -0.4 is 5.73 Å². The molecule has 0 aliphatic carbocycles. The van der Waals surface area contributed by atoms with Gasteiger partial charge in [-0.2, -0.15) is 0 Å². The van der Waals surface area contributed by atoms with E-state index in [0.29, 0.717) is 12.1 Å². The molecule has 2 aromatic carbocycles. The van der Waals surface area contributed by atoms with E-state index >= 15 is 0 Å². The Morgan fingerprint density at radius 2 is 1.88 bits per heavy atom. The number of carboxylic acid groups (broad SMARTS) is 1. The highest BCUT2D eigenvalue weighted by molar-refractivity contribution is 6.07. The molecule has 0 bridgehead atoms. The van der Waals surface area contributed by atoms with E-state index in [0.717, 1.165) is 52.5 Å². The minimum absolute atomic E-state index is 0.358. The molecule has 3 rings (SSSR count). The van der Waals surface area contributed by atoms with Crippen molar-refractivity contribution in [3.63, 3.8) is 0 Å². The third kappa shape index (κ3) is 2.93. The lowest BCUT2D eigenvalue weighted by Gasteiger charge is -2.07. The number of nitrogens with two attached hydrogens (primary N) is 1. The molecule has 4 nitrogen and oxygen atoms in total. The lowest BCUT2D eigenvalue weighted by atomic mass is 9.96. The number of nitrogens with one attached hydrogen (secondary N) is 1. The number of fused-ring (bicyclic) bond motifs is 1. The molecule has 4 heteroatoms. The second kappa shape index (κ2) is 6.89. The number of hydrogen-bond acceptors (Lipinski definition) is 2. The predicted octanol–water partition coefficient (Wildman–Crippen LogP) is 4.12. The molecular formula is C20H22N2O2. The van der Waals surface area contributed by atoms with E-state index in [2.05, 4.69) is 4.98 Å². The van der Waals surface area contributed by atoms with Crippen LogP contribution in [0.25, 0.3) is 22.2 Å². The van der Waals surface area contributed by atoms with Gasteiger partial charge in [0.15, 0.2) is 0 Å². The van der Waals surface area contributed by atoms with Crippen LogP contribution in [-0.4, -0.2) is 22.6 Å². The van der Waals surface area contributed by atoms with Gasteiger partial charge in [-0.05, 0) is 55.5 Å². The number of benzene rings is 2. The number of H-pyrrole nitrogens is 1. The van der Waals surface area contributed by atoms with Crippen LogP contribution in [0.5, 0.6) is 0 Å². The van der Waals surface area contributed by atoms with Crippen molar-refractivity contribution in [2.24, 2.45) is 5.73 Å². The van der Waals surface area contributed by atoms with Gasteiger partial charge in [0.25, 0.3) is 0 Å². The van der Waals surface area contributed by atoms with Crippen LogP contribution in [0.4, 0.5) is 0 Å². The summed E-state index contributed by atoms with van der Waals surface area (Å²) in [5, 5.41) is 10.4. The van der Waals surface area contributed by atoms with Gasteiger partial charge in [-0.25, -0.2) is 4.79 Å². The Bertz CT molecular complexity index is 866. The third-order valence-corrected chi connectivity index (χ3v) is 4.44. The van der Waals surface area contributed by atoms with Crippen molar-refractivity contribution in [3.8, 4) is 11.3 Å². The van der Waals surface area contributed by atoms with Crippen molar-refractivity contribution >= 4 is 16.9 Å². The standard InChI is InChI=1S/C20H22N2O2/c1-13-10-11-16(20(23)24)17-15(9-5-6-12-21)19(22-18(13)17)14-7-3-2-4-8-14/h2-4,7-8,10-11,22H,5-6,9,12,21H2,1H3,(H,23,24). The van der Waals surface area contributed by atoms with Crippen LogP contribution in [-0.2, 0) is 6.42 Å². The van der Waals surface area contributed by atoms with Crippen molar-refractivity contribution in [1.29, 1.82) is 0 Å². The topological polar surface area (TPSA) is 79.1 Å². The molecule has 24 heavy (non-hydrogen) atoms. The van der Waals surface area contributed by atoms with Crippen LogP contribution >= 0.6 is 0 Å². The Labute approximate surface area is 141 Å². The largest absolute Gasteiger partial charge is 0.478 e. The second-order valence-corrected chi connectivity index (χ2v) is 6.08. The Kier molecular flexibility index (Phi) is 4.67. The van der Waals surface area contributed by atoms with Crippen LogP contribution in [0.15, 0.2) is 42.5 Å². The van der Waals surface area contributed by atoms with Gasteiger partial charge in [-0.3, -0.25) is 0 Å². The molecule has 0 aliphatic rings. The molecule has 3 aromatic rings. The number of aromatic amines is 1. The van der Waals surface area contributed by atoms with Crippen molar-refractivity contribution < 1.29 is 9.90 Å². The monoisotopic (exact) mass is 322 g/mol. The summed E-state index contributed by atoms with van der Waals surface area (Å²) >= 11 is 0. The molecule has 0 saturated carbocycles. The van der Waals surface area contributed by atoms with Gasteiger partial charge in [0.05, 0.1) is 5.56 Å². The zero-order valence-electron chi connectivity index (χ0n) is 13.8. The molecule has 0 radical (unpaired) electrons. The average Bonchev–Trinajstić information content (AvgIpc) is 2.96. The molecule has 0 amide bonds. The summed E-state index contributed by atoms with van der Waals surface area (Å²) in [7, 11) is 0. The first-order valence-corrected chi connectivity index (χ1v) is 8.26. The maximum Gasteiger partial charge on any atom is 0.336 e. The van der Waals surface area contributed by atoms with Gasteiger partial charge in [-0.15, -0.1) is 0 Å². The van der Waals surface area contributed by atoms with Crippen LogP contribution in [0.1, 0.15) is 34.3 Å². The van der Waals surface area contributed by atoms with E-state index in [9.17, 15) is 9.90 Å². The van der Waals surface area contributed by atoms with Gasteiger partial charge < -0.3 is 15.8 Å². The highest BCUT2D eigenvalue weighted by atomic mass is 16.4. The van der Waals surface area contributed by atoms with Crippen molar-refractivity contribution in [1.82, 2.24) is 4.98 Å². The molecular weight excluding hydrogens is 300 g/mol. The summed E-state index contributed by atoms with van der Waals surface area (Å²) in [5.74, 6) is -0.890. The lowest BCUT2D eigenvalue weighted by molar-refractivity contribution is 0.0699. The Balaban J connectivity index is 2.27. The number of aromatic nitrogens is 1. The summed E-state index contributed by atoms with van der Waals surface area (Å²) in [6.45, 7) is 2.65. The normalized spacial score (nSPS) is 11.1. The van der Waals surface area contributed by atoms with Crippen LogP contribution in [0.3, 0.4) is 0 Å². The van der Waals surface area contributed by atoms with E-state index < -0.39 is 5.97 Å². The number of rotatable bonds is 6. The summed E-state index contributed by atoms with van der Waals surface area (Å²) < 4.78 is 0. The Morgan fingerprint density at radius 3 is 2.54 bits per heavy atom. The molecule has 0 atom stereocenters. The maximum absolute atomic E-state index is 11.7. The van der Waals surface area contributed by atoms with E-state index in [-0.39, 0.29) is 0 Å². The zero-order chi connectivity index (χ0) is 17.1. The average molecular weight is 322 g/mol. The van der Waals surface area contributed by atoms with Gasteiger partial charge >= 0.3 is 5.97 Å². The van der Waals surface area contributed by atoms with E-state index in [1.165, 1.54) is 0 Å². The molecule has 0 spiro atoms. The van der Waals surface area contributed by atoms with Crippen molar-refractivity contribution in [3.05, 3.63) is 59.2 Å². The van der Waals surface area contributed by atoms with Gasteiger partial charge in [0.1, 0.15) is 0 Å². The second-order valence-electron chi connectivity index (χ2n) is 6.08. The summed E-state index contributed by atoms with van der Waals surface area (Å²) in [6, 6.07) is 13.6. The summed E-state index contributed by atoms with van der Waals surface area (Å²) in [6.07, 6.45) is 2.68. The van der Waals surface area contributed by atoms with Gasteiger partial charge in [0, 0.05) is 16.6 Å². The van der Waals surface area contributed by atoms with Crippen molar-refractivity contribution in [2.75, 3.05) is 6.54 Å². The summed E-state index contributed by atoms with van der Waals surface area (Å²) in [4.78, 5) is 15.2. The Hall–Kier alpha value is -2.59. The molecule has 4 N–H and O–H groups in total. The van der Waals surface area contributed by atoms with Crippen molar-refractivity contribution in [2.45, 2.75) is 26.2 Å². The van der Waals surface area contributed by atoms with Crippen LogP contribution in [0, 0.1) is 6.92 Å². The number of aryl methyl sites for hydroxylation is 2. The smallest absolute Gasteiger partial charge is 0.336 e. The number of aromatic carboxylic acids is 1. The number of carbonyl (C=O) groups is 1. The van der Waals surface area contributed by atoms with E-state index in [1.807, 2.05) is 43.3 Å². The SMILES string of the molecule is Cc1ccc(C(=O)O)c2c(CCCCN)c(-c3ccccc3)[nH]c12. The fraction of sp³-hybridized carbons (Fsp3) is 0.250. The third-order valence-electron chi connectivity index (χ3n) is 4.44. The van der Waals surface area contributed by atoms with Crippen LogP contribution in [0.2, 0.25) is 0 Å². The molecule has 1 aromatic heterocycles. The number of unbranched alkanes of at least 4 members (excludes halogenated alkanes) is 1. The highest BCUT2D eigenvalue weighted by Crippen LogP contribution is 2.35. The zero-order valence-corrected chi connectivity index (χ0v) is 13.8. The molecule has 0 fully saturated rings. The fourth-order valence-electron chi connectivity index (χ4n) is 3.23. The summed E-state index contributed by atoms with van der Waals surface area (Å²) in [5.41, 5.74) is 11.1. The minimum atomic E-state index is -0.890. The highest BCUT2D eigenvalue weighted by Gasteiger charge is 2.20. The fourth-order valence-corrected chi connectivity index (χ4v) is 3.23. The van der Waals surface area contributed by atoms with E-state index in [1.54, 1.807) is 6.07 Å². The van der Waals surface area contributed by atoms with E-state index in [4.69, 9.17) is 5.73 Å². The lowest BCUT2D eigenvalue weighted by Crippen LogP contribution is -2.01. The first kappa shape index (κ1) is 16.3. The van der Waals surface area contributed by atoms with Gasteiger partial charge in [0.2, 0.25) is 0 Å².